The Kier molecular flexibility index (Phi) is 4.16. The van der Waals surface area contributed by atoms with Crippen LogP contribution in [0.1, 0.15) is 52.9 Å². The van der Waals surface area contributed by atoms with Gasteiger partial charge in [-0.3, -0.25) is 0 Å². The fourth-order valence-electron chi connectivity index (χ4n) is 2.34. The first-order valence-corrected chi connectivity index (χ1v) is 6.16. The van der Waals surface area contributed by atoms with E-state index in [2.05, 4.69) is 32.2 Å². The van der Waals surface area contributed by atoms with Gasteiger partial charge in [-0.25, -0.2) is 0 Å². The molecule has 0 radical (unpaired) electrons. The minimum atomic E-state index is -0.0255. The fraction of sp³-hybridized carbons (Fsp3) is 0.923. The molecule has 2 nitrogen and oxygen atoms in total. The van der Waals surface area contributed by atoms with Crippen molar-refractivity contribution in [1.82, 2.24) is 5.32 Å². The Morgan fingerprint density at radius 2 is 2.07 bits per heavy atom. The summed E-state index contributed by atoms with van der Waals surface area (Å²) in [5.41, 5.74) is 0.345. The summed E-state index contributed by atoms with van der Waals surface area (Å²) in [4.78, 5) is 0. The van der Waals surface area contributed by atoms with Crippen LogP contribution in [-0.4, -0.2) is 13.1 Å². The maximum atomic E-state index is 9.08. The Balaban J connectivity index is 2.24. The molecule has 0 aliphatic heterocycles. The molecule has 0 aromatic heterocycles. The first-order valence-electron chi connectivity index (χ1n) is 6.16. The van der Waals surface area contributed by atoms with Gasteiger partial charge >= 0.3 is 0 Å². The predicted octanol–water partition coefficient (Wildman–Crippen LogP) is 3.10. The third kappa shape index (κ3) is 3.50. The van der Waals surface area contributed by atoms with Crippen LogP contribution in [0.15, 0.2) is 0 Å². The zero-order valence-electron chi connectivity index (χ0n) is 10.4. The molecule has 0 bridgehead atoms. The molecule has 0 spiro atoms. The second-order valence-corrected chi connectivity index (χ2v) is 5.76. The van der Waals surface area contributed by atoms with Crippen LogP contribution in [0.5, 0.6) is 0 Å². The van der Waals surface area contributed by atoms with Crippen molar-refractivity contribution >= 4 is 0 Å². The number of rotatable bonds is 6. The molecule has 15 heavy (non-hydrogen) atoms. The molecule has 0 saturated heterocycles. The third-order valence-electron chi connectivity index (χ3n) is 3.54. The van der Waals surface area contributed by atoms with Gasteiger partial charge in [-0.05, 0) is 24.7 Å². The molecule has 0 heterocycles. The van der Waals surface area contributed by atoms with E-state index in [1.54, 1.807) is 0 Å². The topological polar surface area (TPSA) is 35.8 Å². The van der Waals surface area contributed by atoms with Crippen LogP contribution < -0.4 is 5.32 Å². The van der Waals surface area contributed by atoms with Crippen LogP contribution in [0.4, 0.5) is 0 Å². The standard InChI is InChI=1S/C13H24N2/c1-4-6-12(2,3)10-15-11-13(9-14)7-5-8-13/h15H,4-8,10-11H2,1-3H3. The van der Waals surface area contributed by atoms with Gasteiger partial charge in [0.2, 0.25) is 0 Å². The Morgan fingerprint density at radius 3 is 2.47 bits per heavy atom. The van der Waals surface area contributed by atoms with E-state index in [0.717, 1.165) is 25.9 Å². The Morgan fingerprint density at radius 1 is 1.40 bits per heavy atom. The van der Waals surface area contributed by atoms with Crippen LogP contribution >= 0.6 is 0 Å². The molecule has 1 rings (SSSR count). The molecule has 0 amide bonds. The fourth-order valence-corrected chi connectivity index (χ4v) is 2.34. The molecule has 1 aliphatic rings. The summed E-state index contributed by atoms with van der Waals surface area (Å²) in [5.74, 6) is 0. The normalized spacial score (nSPS) is 19.3. The maximum Gasteiger partial charge on any atom is 0.0703 e. The van der Waals surface area contributed by atoms with E-state index < -0.39 is 0 Å². The van der Waals surface area contributed by atoms with Gasteiger partial charge in [0.25, 0.3) is 0 Å². The van der Waals surface area contributed by atoms with E-state index in [0.29, 0.717) is 5.41 Å². The average Bonchev–Trinajstić information content (AvgIpc) is 2.09. The molecular formula is C13H24N2. The first-order chi connectivity index (χ1) is 7.04. The highest BCUT2D eigenvalue weighted by molar-refractivity contribution is 5.05. The van der Waals surface area contributed by atoms with E-state index in [1.165, 1.54) is 19.3 Å². The zero-order chi connectivity index (χ0) is 11.4. The van der Waals surface area contributed by atoms with E-state index in [1.807, 2.05) is 0 Å². The van der Waals surface area contributed by atoms with Crippen molar-refractivity contribution in [2.24, 2.45) is 10.8 Å². The van der Waals surface area contributed by atoms with Crippen molar-refractivity contribution in [2.45, 2.75) is 52.9 Å². The lowest BCUT2D eigenvalue weighted by molar-refractivity contribution is 0.193. The number of nitriles is 1. The third-order valence-corrected chi connectivity index (χ3v) is 3.54. The van der Waals surface area contributed by atoms with Gasteiger partial charge in [-0.2, -0.15) is 5.26 Å². The van der Waals surface area contributed by atoms with Crippen LogP contribution in [0.3, 0.4) is 0 Å². The summed E-state index contributed by atoms with van der Waals surface area (Å²) in [5, 5.41) is 12.6. The lowest BCUT2D eigenvalue weighted by Crippen LogP contribution is -2.41. The highest BCUT2D eigenvalue weighted by Crippen LogP contribution is 2.39. The number of nitrogens with one attached hydrogen (secondary N) is 1. The molecule has 2 heteroatoms. The predicted molar refractivity (Wildman–Crippen MR) is 63.5 cm³/mol. The van der Waals surface area contributed by atoms with Crippen molar-refractivity contribution in [3.8, 4) is 6.07 Å². The van der Waals surface area contributed by atoms with Crippen LogP contribution in [0.2, 0.25) is 0 Å². The van der Waals surface area contributed by atoms with Gasteiger partial charge in [0, 0.05) is 13.1 Å². The summed E-state index contributed by atoms with van der Waals surface area (Å²) < 4.78 is 0. The second-order valence-electron chi connectivity index (χ2n) is 5.76. The summed E-state index contributed by atoms with van der Waals surface area (Å²) >= 11 is 0. The molecule has 0 aromatic carbocycles. The molecular weight excluding hydrogens is 184 g/mol. The summed E-state index contributed by atoms with van der Waals surface area (Å²) in [6.07, 6.45) is 5.89. The van der Waals surface area contributed by atoms with Gasteiger partial charge < -0.3 is 5.32 Å². The molecule has 1 fully saturated rings. The maximum absolute atomic E-state index is 9.08. The van der Waals surface area contributed by atoms with E-state index in [9.17, 15) is 0 Å². The van der Waals surface area contributed by atoms with Crippen molar-refractivity contribution in [3.05, 3.63) is 0 Å². The smallest absolute Gasteiger partial charge is 0.0703 e. The average molecular weight is 208 g/mol. The van der Waals surface area contributed by atoms with Crippen LogP contribution in [0, 0.1) is 22.2 Å². The van der Waals surface area contributed by atoms with Crippen molar-refractivity contribution in [3.63, 3.8) is 0 Å². The van der Waals surface area contributed by atoms with E-state index in [4.69, 9.17) is 5.26 Å². The van der Waals surface area contributed by atoms with Crippen molar-refractivity contribution < 1.29 is 0 Å². The quantitative estimate of drug-likeness (QED) is 0.728. The Hall–Kier alpha value is -0.550. The molecule has 86 valence electrons. The monoisotopic (exact) mass is 208 g/mol. The van der Waals surface area contributed by atoms with Crippen LogP contribution in [-0.2, 0) is 0 Å². The number of hydrogen-bond donors (Lipinski definition) is 1. The van der Waals surface area contributed by atoms with Gasteiger partial charge in [0.15, 0.2) is 0 Å². The highest BCUT2D eigenvalue weighted by Gasteiger charge is 2.36. The van der Waals surface area contributed by atoms with Gasteiger partial charge in [-0.1, -0.05) is 33.6 Å². The largest absolute Gasteiger partial charge is 0.315 e. The van der Waals surface area contributed by atoms with Crippen molar-refractivity contribution in [1.29, 1.82) is 5.26 Å². The van der Waals surface area contributed by atoms with Gasteiger partial charge in [-0.15, -0.1) is 0 Å². The molecule has 0 atom stereocenters. The van der Waals surface area contributed by atoms with E-state index in [-0.39, 0.29) is 5.41 Å². The molecule has 1 saturated carbocycles. The summed E-state index contributed by atoms with van der Waals surface area (Å²) in [6.45, 7) is 8.73. The lowest BCUT2D eigenvalue weighted by Gasteiger charge is -2.36. The Bertz CT molecular complexity index is 233. The SMILES string of the molecule is CCCC(C)(C)CNCC1(C#N)CCC1. The lowest BCUT2D eigenvalue weighted by atomic mass is 9.70. The number of hydrogen-bond acceptors (Lipinski definition) is 2. The minimum Gasteiger partial charge on any atom is -0.315 e. The summed E-state index contributed by atoms with van der Waals surface area (Å²) in [6, 6.07) is 2.47. The molecule has 1 aliphatic carbocycles. The molecule has 1 N–H and O–H groups in total. The summed E-state index contributed by atoms with van der Waals surface area (Å²) in [7, 11) is 0. The Labute approximate surface area is 94.1 Å². The number of nitrogens with zero attached hydrogens (tertiary/aromatic N) is 1. The van der Waals surface area contributed by atoms with Crippen molar-refractivity contribution in [2.75, 3.05) is 13.1 Å². The molecule has 0 aromatic rings. The van der Waals surface area contributed by atoms with Gasteiger partial charge in [0.05, 0.1) is 11.5 Å². The second kappa shape index (κ2) is 4.99. The molecule has 0 unspecified atom stereocenters. The first kappa shape index (κ1) is 12.5. The zero-order valence-corrected chi connectivity index (χ0v) is 10.4. The highest BCUT2D eigenvalue weighted by atomic mass is 14.9. The van der Waals surface area contributed by atoms with E-state index >= 15 is 0 Å². The minimum absolute atomic E-state index is 0.0255. The van der Waals surface area contributed by atoms with Crippen LogP contribution in [0.25, 0.3) is 0 Å². The van der Waals surface area contributed by atoms with Gasteiger partial charge in [0.1, 0.15) is 0 Å².